The summed E-state index contributed by atoms with van der Waals surface area (Å²) >= 11 is 6.13. The maximum Gasteiger partial charge on any atom is 0.161 e. The largest absolute Gasteiger partial charge is 0.376 e. The van der Waals surface area contributed by atoms with Gasteiger partial charge in [-0.15, -0.1) is 0 Å². The van der Waals surface area contributed by atoms with Gasteiger partial charge < -0.3 is 9.64 Å². The highest BCUT2D eigenvalue weighted by Crippen LogP contribution is 2.24. The van der Waals surface area contributed by atoms with Gasteiger partial charge in [-0.25, -0.2) is 0 Å². The zero-order valence-corrected chi connectivity index (χ0v) is 12.2. The van der Waals surface area contributed by atoms with Crippen LogP contribution >= 0.6 is 11.6 Å². The highest BCUT2D eigenvalue weighted by Gasteiger charge is 2.17. The number of Topliss-reactive ketones (excluding diaryl/α,β-unsaturated/α-hetero) is 1. The standard InChI is InChI=1S/C15H20ClNO2/c1-11(18)14-7-6-12(9-15(14)16)17(2)10-13-5-3-4-8-19-13/h6-7,9,13H,3-5,8,10H2,1-2H3. The minimum Gasteiger partial charge on any atom is -0.376 e. The first kappa shape index (κ1) is 14.4. The number of carbonyl (C=O) groups is 1. The minimum atomic E-state index is -0.00480. The van der Waals surface area contributed by atoms with Crippen molar-refractivity contribution in [1.29, 1.82) is 0 Å². The number of benzene rings is 1. The van der Waals surface area contributed by atoms with Crippen LogP contribution in [0.15, 0.2) is 18.2 Å². The molecule has 4 heteroatoms. The van der Waals surface area contributed by atoms with Crippen molar-refractivity contribution in [3.8, 4) is 0 Å². The van der Waals surface area contributed by atoms with Gasteiger partial charge in [0.1, 0.15) is 0 Å². The Balaban J connectivity index is 2.04. The van der Waals surface area contributed by atoms with Crippen molar-refractivity contribution in [3.63, 3.8) is 0 Å². The second-order valence-electron chi connectivity index (χ2n) is 5.09. The van der Waals surface area contributed by atoms with Crippen LogP contribution in [0.4, 0.5) is 5.69 Å². The Hall–Kier alpha value is -1.06. The van der Waals surface area contributed by atoms with Crippen LogP contribution in [0.3, 0.4) is 0 Å². The molecule has 0 bridgehead atoms. The van der Waals surface area contributed by atoms with Crippen LogP contribution in [-0.2, 0) is 4.74 Å². The van der Waals surface area contributed by atoms with Gasteiger partial charge in [-0.1, -0.05) is 11.6 Å². The molecule has 1 saturated heterocycles. The smallest absolute Gasteiger partial charge is 0.161 e. The Bertz CT molecular complexity index is 455. The maximum atomic E-state index is 11.3. The summed E-state index contributed by atoms with van der Waals surface area (Å²) in [6, 6.07) is 5.57. The van der Waals surface area contributed by atoms with Gasteiger partial charge >= 0.3 is 0 Å². The van der Waals surface area contributed by atoms with E-state index < -0.39 is 0 Å². The summed E-state index contributed by atoms with van der Waals surface area (Å²) in [4.78, 5) is 13.5. The summed E-state index contributed by atoms with van der Waals surface area (Å²) in [5, 5.41) is 0.515. The van der Waals surface area contributed by atoms with Crippen molar-refractivity contribution in [3.05, 3.63) is 28.8 Å². The lowest BCUT2D eigenvalue weighted by Crippen LogP contribution is -2.33. The monoisotopic (exact) mass is 281 g/mol. The van der Waals surface area contributed by atoms with Crippen LogP contribution in [0.2, 0.25) is 5.02 Å². The van der Waals surface area contributed by atoms with Crippen molar-refractivity contribution in [2.75, 3.05) is 25.1 Å². The van der Waals surface area contributed by atoms with Crippen molar-refractivity contribution < 1.29 is 9.53 Å². The number of hydrogen-bond acceptors (Lipinski definition) is 3. The molecule has 0 N–H and O–H groups in total. The van der Waals surface area contributed by atoms with E-state index in [4.69, 9.17) is 16.3 Å². The van der Waals surface area contributed by atoms with E-state index in [1.54, 1.807) is 6.07 Å². The van der Waals surface area contributed by atoms with Gasteiger partial charge in [0.2, 0.25) is 0 Å². The number of nitrogens with zero attached hydrogens (tertiary/aromatic N) is 1. The second-order valence-corrected chi connectivity index (χ2v) is 5.50. The van der Waals surface area contributed by atoms with E-state index in [0.717, 1.165) is 25.3 Å². The van der Waals surface area contributed by atoms with E-state index in [1.165, 1.54) is 19.8 Å². The average Bonchev–Trinajstić information content (AvgIpc) is 2.39. The fourth-order valence-corrected chi connectivity index (χ4v) is 2.70. The lowest BCUT2D eigenvalue weighted by atomic mass is 10.1. The Morgan fingerprint density at radius 1 is 1.47 bits per heavy atom. The van der Waals surface area contributed by atoms with Gasteiger partial charge in [0.05, 0.1) is 11.1 Å². The molecule has 1 aromatic rings. The molecule has 1 fully saturated rings. The highest BCUT2D eigenvalue weighted by molar-refractivity contribution is 6.34. The minimum absolute atomic E-state index is 0.00480. The summed E-state index contributed by atoms with van der Waals surface area (Å²) in [7, 11) is 2.02. The molecule has 3 nitrogen and oxygen atoms in total. The van der Waals surface area contributed by atoms with Crippen molar-refractivity contribution in [2.45, 2.75) is 32.3 Å². The Kier molecular flexibility index (Phi) is 4.83. The first-order valence-corrected chi connectivity index (χ1v) is 7.09. The molecule has 0 radical (unpaired) electrons. The van der Waals surface area contributed by atoms with Crippen LogP contribution in [0.5, 0.6) is 0 Å². The van der Waals surface area contributed by atoms with Crippen LogP contribution in [0.1, 0.15) is 36.5 Å². The zero-order chi connectivity index (χ0) is 13.8. The van der Waals surface area contributed by atoms with Crippen molar-refractivity contribution >= 4 is 23.1 Å². The molecule has 104 valence electrons. The fraction of sp³-hybridized carbons (Fsp3) is 0.533. The van der Waals surface area contributed by atoms with Crippen molar-refractivity contribution in [2.24, 2.45) is 0 Å². The first-order valence-electron chi connectivity index (χ1n) is 6.71. The van der Waals surface area contributed by atoms with Gasteiger partial charge in [0.25, 0.3) is 0 Å². The molecule has 0 spiro atoms. The summed E-state index contributed by atoms with van der Waals surface area (Å²) in [6.45, 7) is 3.25. The molecule has 1 unspecified atom stereocenters. The molecule has 1 heterocycles. The summed E-state index contributed by atoms with van der Waals surface area (Å²) in [5.74, 6) is -0.00480. The van der Waals surface area contributed by atoms with Gasteiger partial charge in [-0.05, 0) is 44.4 Å². The molecular formula is C15H20ClNO2. The SMILES string of the molecule is CC(=O)c1ccc(N(C)CC2CCCCO2)cc1Cl. The lowest BCUT2D eigenvalue weighted by molar-refractivity contribution is 0.0216. The molecule has 1 aromatic carbocycles. The third-order valence-corrected chi connectivity index (χ3v) is 3.84. The predicted octanol–water partition coefficient (Wildman–Crippen LogP) is 3.55. The summed E-state index contributed by atoms with van der Waals surface area (Å²) in [6.07, 6.45) is 3.82. The predicted molar refractivity (Wildman–Crippen MR) is 78.3 cm³/mol. The molecule has 1 aliphatic heterocycles. The fourth-order valence-electron chi connectivity index (χ4n) is 2.39. The molecule has 0 amide bonds. The van der Waals surface area contributed by atoms with E-state index in [9.17, 15) is 4.79 Å². The van der Waals surface area contributed by atoms with E-state index in [0.29, 0.717) is 16.7 Å². The molecule has 2 rings (SSSR count). The molecule has 0 saturated carbocycles. The summed E-state index contributed by atoms with van der Waals surface area (Å²) < 4.78 is 5.73. The molecule has 19 heavy (non-hydrogen) atoms. The Morgan fingerprint density at radius 2 is 2.26 bits per heavy atom. The van der Waals surface area contributed by atoms with Gasteiger partial charge in [-0.3, -0.25) is 4.79 Å². The lowest BCUT2D eigenvalue weighted by Gasteiger charge is -2.28. The van der Waals surface area contributed by atoms with Crippen LogP contribution in [0, 0.1) is 0 Å². The van der Waals surface area contributed by atoms with E-state index in [2.05, 4.69) is 4.90 Å². The topological polar surface area (TPSA) is 29.5 Å². The second kappa shape index (κ2) is 6.40. The summed E-state index contributed by atoms with van der Waals surface area (Å²) in [5.41, 5.74) is 1.59. The number of rotatable bonds is 4. The Labute approximate surface area is 119 Å². The van der Waals surface area contributed by atoms with Crippen LogP contribution in [-0.4, -0.2) is 32.1 Å². The van der Waals surface area contributed by atoms with Crippen LogP contribution in [0.25, 0.3) is 0 Å². The van der Waals surface area contributed by atoms with Crippen LogP contribution < -0.4 is 4.90 Å². The highest BCUT2D eigenvalue weighted by atomic mass is 35.5. The average molecular weight is 282 g/mol. The third-order valence-electron chi connectivity index (χ3n) is 3.52. The molecule has 1 aliphatic rings. The number of hydrogen-bond donors (Lipinski definition) is 0. The Morgan fingerprint density at radius 3 is 2.84 bits per heavy atom. The van der Waals surface area contributed by atoms with Gasteiger partial charge in [0, 0.05) is 31.5 Å². The quantitative estimate of drug-likeness (QED) is 0.791. The molecular weight excluding hydrogens is 262 g/mol. The zero-order valence-electron chi connectivity index (χ0n) is 11.5. The van der Waals surface area contributed by atoms with E-state index in [-0.39, 0.29) is 5.78 Å². The molecule has 0 aromatic heterocycles. The number of carbonyl (C=O) groups excluding carboxylic acids is 1. The first-order chi connectivity index (χ1) is 9.08. The van der Waals surface area contributed by atoms with Gasteiger partial charge in [0.15, 0.2) is 5.78 Å². The van der Waals surface area contributed by atoms with Gasteiger partial charge in [-0.2, -0.15) is 0 Å². The number of ketones is 1. The number of halogens is 1. The third kappa shape index (κ3) is 3.71. The number of likely N-dealkylation sites (N-methyl/N-ethyl adjacent to an activating group) is 1. The van der Waals surface area contributed by atoms with E-state index >= 15 is 0 Å². The molecule has 1 atom stereocenters. The van der Waals surface area contributed by atoms with Crippen molar-refractivity contribution in [1.82, 2.24) is 0 Å². The number of ether oxygens (including phenoxy) is 1. The maximum absolute atomic E-state index is 11.3. The normalized spacial score (nSPS) is 19.2. The number of anilines is 1. The molecule has 0 aliphatic carbocycles. The van der Waals surface area contributed by atoms with E-state index in [1.807, 2.05) is 19.2 Å².